The molecule has 0 radical (unpaired) electrons. The fraction of sp³-hybridized carbons (Fsp3) is 0.0714. The van der Waals surface area contributed by atoms with Crippen molar-refractivity contribution in [3.05, 3.63) is 54.1 Å². The summed E-state index contributed by atoms with van der Waals surface area (Å²) < 4.78 is 0. The first-order valence-corrected chi connectivity index (χ1v) is 5.50. The molecule has 0 aliphatic rings. The van der Waals surface area contributed by atoms with Crippen molar-refractivity contribution in [1.82, 2.24) is 0 Å². The number of nitrogens with two attached hydrogens (primary N) is 1. The Morgan fingerprint density at radius 3 is 2.17 bits per heavy atom. The summed E-state index contributed by atoms with van der Waals surface area (Å²) in [6.07, 6.45) is 0. The summed E-state index contributed by atoms with van der Waals surface area (Å²) >= 11 is 0. The lowest BCUT2D eigenvalue weighted by molar-refractivity contribution is 0.0993. The number of phenols is 1. The Morgan fingerprint density at radius 2 is 1.61 bits per heavy atom. The van der Waals surface area contributed by atoms with Gasteiger partial charge in [-0.1, -0.05) is 0 Å². The van der Waals surface area contributed by atoms with Crippen LogP contribution in [0.2, 0.25) is 0 Å². The van der Waals surface area contributed by atoms with Crippen LogP contribution in [0.4, 0.5) is 11.4 Å². The second-order valence-corrected chi connectivity index (χ2v) is 4.00. The third kappa shape index (κ3) is 2.43. The molecule has 0 saturated heterocycles. The molecule has 0 spiro atoms. The van der Waals surface area contributed by atoms with Gasteiger partial charge in [-0.05, 0) is 48.5 Å². The van der Waals surface area contributed by atoms with E-state index in [9.17, 15) is 9.90 Å². The molecule has 3 N–H and O–H groups in total. The summed E-state index contributed by atoms with van der Waals surface area (Å²) in [5.74, 6) is 0.0489. The SMILES string of the molecule is CN(C(=O)c1ccc(N)cc1)c1ccc(O)cc1. The lowest BCUT2D eigenvalue weighted by atomic mass is 10.1. The third-order valence-corrected chi connectivity index (χ3v) is 2.70. The number of phenolic OH excluding ortho intramolecular Hbond substituents is 1. The highest BCUT2D eigenvalue weighted by Gasteiger charge is 2.12. The lowest BCUT2D eigenvalue weighted by Gasteiger charge is -2.17. The molecular formula is C14H14N2O2. The molecule has 1 amide bonds. The Labute approximate surface area is 105 Å². The number of amides is 1. The largest absolute Gasteiger partial charge is 0.508 e. The molecule has 0 saturated carbocycles. The Kier molecular flexibility index (Phi) is 3.19. The smallest absolute Gasteiger partial charge is 0.258 e. The maximum Gasteiger partial charge on any atom is 0.258 e. The number of hydrogen-bond acceptors (Lipinski definition) is 3. The van der Waals surface area contributed by atoms with Crippen molar-refractivity contribution in [2.45, 2.75) is 0 Å². The van der Waals surface area contributed by atoms with E-state index in [1.807, 2.05) is 0 Å². The van der Waals surface area contributed by atoms with Crippen LogP contribution in [-0.2, 0) is 0 Å². The molecule has 2 aromatic carbocycles. The van der Waals surface area contributed by atoms with Gasteiger partial charge in [0.2, 0.25) is 0 Å². The minimum atomic E-state index is -0.124. The number of anilines is 2. The molecule has 0 aromatic heterocycles. The molecule has 18 heavy (non-hydrogen) atoms. The molecule has 0 fully saturated rings. The van der Waals surface area contributed by atoms with E-state index in [-0.39, 0.29) is 11.7 Å². The standard InChI is InChI=1S/C14H14N2O2/c1-16(12-6-8-13(17)9-7-12)14(18)10-2-4-11(15)5-3-10/h2-9,17H,15H2,1H3. The number of aromatic hydroxyl groups is 1. The minimum Gasteiger partial charge on any atom is -0.508 e. The average molecular weight is 242 g/mol. The zero-order valence-corrected chi connectivity index (χ0v) is 10.00. The van der Waals surface area contributed by atoms with Crippen LogP contribution in [0.25, 0.3) is 0 Å². The maximum atomic E-state index is 12.2. The van der Waals surface area contributed by atoms with E-state index in [1.165, 1.54) is 4.90 Å². The second kappa shape index (κ2) is 4.79. The first kappa shape index (κ1) is 12.0. The van der Waals surface area contributed by atoms with Crippen molar-refractivity contribution in [1.29, 1.82) is 0 Å². The molecule has 0 bridgehead atoms. The van der Waals surface area contributed by atoms with E-state index in [2.05, 4.69) is 0 Å². The zero-order chi connectivity index (χ0) is 13.1. The summed E-state index contributed by atoms with van der Waals surface area (Å²) in [6.45, 7) is 0. The van der Waals surface area contributed by atoms with Gasteiger partial charge in [0.25, 0.3) is 5.91 Å². The van der Waals surface area contributed by atoms with Crippen LogP contribution in [0.15, 0.2) is 48.5 Å². The van der Waals surface area contributed by atoms with Gasteiger partial charge in [-0.15, -0.1) is 0 Å². The summed E-state index contributed by atoms with van der Waals surface area (Å²) in [4.78, 5) is 13.7. The first-order valence-electron chi connectivity index (χ1n) is 5.50. The van der Waals surface area contributed by atoms with Crippen LogP contribution in [0.5, 0.6) is 5.75 Å². The summed E-state index contributed by atoms with van der Waals surface area (Å²) in [5.41, 5.74) is 7.49. The number of nitrogen functional groups attached to an aromatic ring is 1. The second-order valence-electron chi connectivity index (χ2n) is 4.00. The van der Waals surface area contributed by atoms with Crippen molar-refractivity contribution >= 4 is 17.3 Å². The van der Waals surface area contributed by atoms with E-state index in [1.54, 1.807) is 55.6 Å². The van der Waals surface area contributed by atoms with Gasteiger partial charge in [-0.2, -0.15) is 0 Å². The van der Waals surface area contributed by atoms with E-state index in [0.29, 0.717) is 11.3 Å². The molecule has 0 aliphatic heterocycles. The maximum absolute atomic E-state index is 12.2. The van der Waals surface area contributed by atoms with Crippen molar-refractivity contribution in [2.24, 2.45) is 0 Å². The highest BCUT2D eigenvalue weighted by Crippen LogP contribution is 2.19. The van der Waals surface area contributed by atoms with Gasteiger partial charge in [0.1, 0.15) is 5.75 Å². The van der Waals surface area contributed by atoms with Gasteiger partial charge < -0.3 is 15.7 Å². The Bertz CT molecular complexity index is 547. The Morgan fingerprint density at radius 1 is 1.06 bits per heavy atom. The molecule has 0 atom stereocenters. The number of nitrogens with zero attached hydrogens (tertiary/aromatic N) is 1. The molecular weight excluding hydrogens is 228 g/mol. The van der Waals surface area contributed by atoms with Crippen LogP contribution >= 0.6 is 0 Å². The summed E-state index contributed by atoms with van der Waals surface area (Å²) in [6, 6.07) is 13.2. The van der Waals surface area contributed by atoms with Crippen LogP contribution < -0.4 is 10.6 Å². The predicted octanol–water partition coefficient (Wildman–Crippen LogP) is 2.25. The molecule has 2 aromatic rings. The quantitative estimate of drug-likeness (QED) is 0.794. The van der Waals surface area contributed by atoms with Crippen molar-refractivity contribution < 1.29 is 9.90 Å². The van der Waals surface area contributed by atoms with Gasteiger partial charge in [0.15, 0.2) is 0 Å². The lowest BCUT2D eigenvalue weighted by Crippen LogP contribution is -2.26. The van der Waals surface area contributed by atoms with E-state index < -0.39 is 0 Å². The van der Waals surface area contributed by atoms with E-state index in [4.69, 9.17) is 5.73 Å². The van der Waals surface area contributed by atoms with Crippen molar-refractivity contribution in [3.8, 4) is 5.75 Å². The molecule has 2 rings (SSSR count). The number of hydrogen-bond donors (Lipinski definition) is 2. The number of carbonyl (C=O) groups is 1. The van der Waals surface area contributed by atoms with Crippen LogP contribution in [0.1, 0.15) is 10.4 Å². The molecule has 0 aliphatic carbocycles. The van der Waals surface area contributed by atoms with Crippen LogP contribution in [0.3, 0.4) is 0 Å². The van der Waals surface area contributed by atoms with E-state index >= 15 is 0 Å². The number of benzene rings is 2. The van der Waals surface area contributed by atoms with Crippen molar-refractivity contribution in [2.75, 3.05) is 17.7 Å². The minimum absolute atomic E-state index is 0.124. The molecule has 0 unspecified atom stereocenters. The molecule has 4 nitrogen and oxygen atoms in total. The summed E-state index contributed by atoms with van der Waals surface area (Å²) in [7, 11) is 1.69. The fourth-order valence-corrected chi connectivity index (χ4v) is 1.61. The normalized spacial score (nSPS) is 10.1. The Balaban J connectivity index is 2.23. The van der Waals surface area contributed by atoms with Crippen LogP contribution in [-0.4, -0.2) is 18.1 Å². The zero-order valence-electron chi connectivity index (χ0n) is 10.00. The topological polar surface area (TPSA) is 66.6 Å². The predicted molar refractivity (Wildman–Crippen MR) is 71.7 cm³/mol. The molecule has 0 heterocycles. The van der Waals surface area contributed by atoms with Gasteiger partial charge in [0.05, 0.1) is 0 Å². The number of carbonyl (C=O) groups excluding carboxylic acids is 1. The fourth-order valence-electron chi connectivity index (χ4n) is 1.61. The van der Waals surface area contributed by atoms with E-state index in [0.717, 1.165) is 5.69 Å². The molecule has 92 valence electrons. The average Bonchev–Trinajstić information content (AvgIpc) is 2.39. The third-order valence-electron chi connectivity index (χ3n) is 2.70. The van der Waals surface area contributed by atoms with Gasteiger partial charge in [-0.3, -0.25) is 4.79 Å². The van der Waals surface area contributed by atoms with Crippen LogP contribution in [0, 0.1) is 0 Å². The monoisotopic (exact) mass is 242 g/mol. The molecule has 4 heteroatoms. The number of rotatable bonds is 2. The van der Waals surface area contributed by atoms with Gasteiger partial charge in [0, 0.05) is 24.0 Å². The van der Waals surface area contributed by atoms with Crippen molar-refractivity contribution in [3.63, 3.8) is 0 Å². The summed E-state index contributed by atoms with van der Waals surface area (Å²) in [5, 5.41) is 9.21. The highest BCUT2D eigenvalue weighted by molar-refractivity contribution is 6.05. The first-order chi connectivity index (χ1) is 8.58. The van der Waals surface area contributed by atoms with Gasteiger partial charge >= 0.3 is 0 Å². The Hall–Kier alpha value is -2.49. The van der Waals surface area contributed by atoms with Gasteiger partial charge in [-0.25, -0.2) is 0 Å². The highest BCUT2D eigenvalue weighted by atomic mass is 16.3.